The molecule has 4 aliphatic heterocycles. The van der Waals surface area contributed by atoms with Crippen molar-refractivity contribution < 1.29 is 53.3 Å². The van der Waals surface area contributed by atoms with Gasteiger partial charge in [-0.05, 0) is 74.1 Å². The lowest BCUT2D eigenvalue weighted by Gasteiger charge is -2.48. The molecular formula is C37H65NO11. The number of carbonyl (C=O) groups excluding carboxylic acids is 1. The van der Waals surface area contributed by atoms with Crippen LogP contribution in [0.25, 0.3) is 0 Å². The zero-order valence-corrected chi connectivity index (χ0v) is 32.0. The van der Waals surface area contributed by atoms with Gasteiger partial charge in [0.05, 0.1) is 35.9 Å². The van der Waals surface area contributed by atoms with E-state index in [-0.39, 0.29) is 30.4 Å². The van der Waals surface area contributed by atoms with E-state index in [1.807, 2.05) is 74.4 Å². The van der Waals surface area contributed by atoms with Gasteiger partial charge in [-0.2, -0.15) is 0 Å². The highest BCUT2D eigenvalue weighted by atomic mass is 16.7. The third kappa shape index (κ3) is 8.18. The first-order valence-corrected chi connectivity index (χ1v) is 18.2. The molecule has 3 fully saturated rings. The number of aliphatic hydroxyl groups is 3. The third-order valence-electron chi connectivity index (χ3n) is 11.9. The van der Waals surface area contributed by atoms with Crippen molar-refractivity contribution in [3.05, 3.63) is 11.3 Å². The Morgan fingerprint density at radius 3 is 2.18 bits per heavy atom. The monoisotopic (exact) mass is 699 g/mol. The predicted octanol–water partition coefficient (Wildman–Crippen LogP) is 3.78. The summed E-state index contributed by atoms with van der Waals surface area (Å²) in [5.41, 5.74) is -0.930. The van der Waals surface area contributed by atoms with Crippen molar-refractivity contribution in [2.75, 3.05) is 21.2 Å². The normalized spacial score (nSPS) is 48.8. The fourth-order valence-electron chi connectivity index (χ4n) is 8.67. The van der Waals surface area contributed by atoms with Gasteiger partial charge in [-0.3, -0.25) is 4.79 Å². The minimum absolute atomic E-state index is 0.183. The number of fused-ring (bicyclic) bond motifs is 2. The lowest BCUT2D eigenvalue weighted by molar-refractivity contribution is -0.316. The summed E-state index contributed by atoms with van der Waals surface area (Å²) in [5, 5.41) is 34.1. The van der Waals surface area contributed by atoms with Gasteiger partial charge in [-0.15, -0.1) is 0 Å². The Labute approximate surface area is 293 Å². The maximum Gasteiger partial charge on any atom is 0.311 e. The number of likely N-dealkylation sites (N-methyl/N-ethyl adjacent to an activating group) is 1. The maximum absolute atomic E-state index is 14.1. The van der Waals surface area contributed by atoms with Crippen LogP contribution >= 0.6 is 0 Å². The van der Waals surface area contributed by atoms with Crippen LogP contribution in [0.4, 0.5) is 0 Å². The van der Waals surface area contributed by atoms with Gasteiger partial charge in [0, 0.05) is 43.7 Å². The van der Waals surface area contributed by atoms with E-state index in [1.165, 1.54) is 0 Å². The third-order valence-corrected chi connectivity index (χ3v) is 11.9. The summed E-state index contributed by atoms with van der Waals surface area (Å²) in [5.74, 6) is -1.87. The van der Waals surface area contributed by atoms with Crippen molar-refractivity contribution in [2.24, 2.45) is 23.7 Å². The van der Waals surface area contributed by atoms with Gasteiger partial charge < -0.3 is 53.4 Å². The SMILES string of the molecule is CC[C@H]1OC(=O)[C@H](C)[C@@H](O[C@H]2C[C@@](C)(OC)[C@@H](O)[C@H](C)O2)[C@H](C)[C@@H](O[C@@H]2O[C@H](C)C[C@H](N(C)C)[C@H]2O)[C@]2(C)CC(C)=C(O2)[C@H](C)[C@@H](O)[C@@H]1C. The number of carbonyl (C=O) groups is 1. The Morgan fingerprint density at radius 2 is 1.59 bits per heavy atom. The first-order valence-electron chi connectivity index (χ1n) is 18.2. The summed E-state index contributed by atoms with van der Waals surface area (Å²) >= 11 is 0. The maximum atomic E-state index is 14.1. The van der Waals surface area contributed by atoms with Gasteiger partial charge in [0.1, 0.15) is 35.8 Å². The molecule has 49 heavy (non-hydrogen) atoms. The fraction of sp³-hybridized carbons (Fsp3) is 0.919. The molecule has 0 spiro atoms. The number of cyclic esters (lactones) is 1. The van der Waals surface area contributed by atoms with Crippen molar-refractivity contribution in [1.29, 1.82) is 0 Å². The average molecular weight is 700 g/mol. The van der Waals surface area contributed by atoms with Crippen LogP contribution in [0.3, 0.4) is 0 Å². The molecule has 284 valence electrons. The molecular weight excluding hydrogens is 634 g/mol. The van der Waals surface area contributed by atoms with Crippen molar-refractivity contribution in [3.8, 4) is 0 Å². The Bertz CT molecular complexity index is 1170. The molecule has 4 rings (SSSR count). The van der Waals surface area contributed by atoms with Crippen molar-refractivity contribution in [1.82, 2.24) is 4.90 Å². The molecule has 0 radical (unpaired) electrons. The van der Waals surface area contributed by atoms with Crippen LogP contribution in [0.1, 0.15) is 94.9 Å². The number of rotatable bonds is 7. The molecule has 2 bridgehead atoms. The average Bonchev–Trinajstić information content (AvgIpc) is 3.36. The van der Waals surface area contributed by atoms with Crippen LogP contribution < -0.4 is 0 Å². The molecule has 0 amide bonds. The van der Waals surface area contributed by atoms with Crippen molar-refractivity contribution in [2.45, 2.75) is 174 Å². The number of hydrogen-bond donors (Lipinski definition) is 3. The van der Waals surface area contributed by atoms with Crippen LogP contribution in [0.15, 0.2) is 11.3 Å². The van der Waals surface area contributed by atoms with Crippen molar-refractivity contribution >= 4 is 5.97 Å². The number of esters is 1. The summed E-state index contributed by atoms with van der Waals surface area (Å²) in [7, 11) is 5.40. The summed E-state index contributed by atoms with van der Waals surface area (Å²) in [6.07, 6.45) is -5.56. The molecule has 0 aromatic rings. The Hall–Kier alpha value is -1.35. The van der Waals surface area contributed by atoms with E-state index in [9.17, 15) is 20.1 Å². The zero-order valence-electron chi connectivity index (χ0n) is 32.0. The standard InChI is InChI=1S/C37H65NO11/c1-14-26-20(4)28(39)21(5)30-18(2)16-37(10,49-30)33(48-35-29(40)25(38(11)12)15-19(3)44-35)22(6)31(23(7)34(42)46-26)47-27-17-36(9,43-13)32(41)24(8)45-27/h19-29,31-33,35,39-41H,14-17H2,1-13H3/t19-,20-,21-,22+,23-,24+,25+,26-,27+,28+,29-,31+,32+,33-,35+,36-,37+/m1/s1. The molecule has 0 unspecified atom stereocenters. The second-order valence-corrected chi connectivity index (χ2v) is 16.1. The summed E-state index contributed by atoms with van der Waals surface area (Å²) in [4.78, 5) is 16.1. The summed E-state index contributed by atoms with van der Waals surface area (Å²) in [6.45, 7) is 19.0. The van der Waals surface area contributed by atoms with Gasteiger partial charge >= 0.3 is 5.97 Å². The number of ether oxygens (including phenoxy) is 7. The zero-order chi connectivity index (χ0) is 36.7. The van der Waals surface area contributed by atoms with E-state index in [0.29, 0.717) is 25.0 Å². The van der Waals surface area contributed by atoms with E-state index in [1.54, 1.807) is 21.0 Å². The minimum Gasteiger partial charge on any atom is -0.489 e. The minimum atomic E-state index is -0.989. The van der Waals surface area contributed by atoms with Crippen molar-refractivity contribution in [3.63, 3.8) is 0 Å². The topological polar surface area (TPSA) is 146 Å². The highest BCUT2D eigenvalue weighted by Crippen LogP contribution is 2.47. The number of nitrogens with zero attached hydrogens (tertiary/aromatic N) is 1. The van der Waals surface area contributed by atoms with Crippen LogP contribution in [0.2, 0.25) is 0 Å². The Kier molecular flexibility index (Phi) is 13.0. The smallest absolute Gasteiger partial charge is 0.311 e. The number of aliphatic hydroxyl groups excluding tert-OH is 3. The molecule has 12 heteroatoms. The van der Waals surface area contributed by atoms with Crippen LogP contribution in [-0.4, -0.2) is 126 Å². The molecule has 0 aromatic carbocycles. The van der Waals surface area contributed by atoms with E-state index in [4.69, 9.17) is 33.2 Å². The summed E-state index contributed by atoms with van der Waals surface area (Å²) in [6, 6.07) is -0.203. The molecule has 4 heterocycles. The van der Waals surface area contributed by atoms with E-state index in [0.717, 1.165) is 5.57 Å². The molecule has 0 aromatic heterocycles. The summed E-state index contributed by atoms with van der Waals surface area (Å²) < 4.78 is 45.0. The fourth-order valence-corrected chi connectivity index (χ4v) is 8.67. The molecule has 0 aliphatic carbocycles. The molecule has 3 N–H and O–H groups in total. The Morgan fingerprint density at radius 1 is 0.939 bits per heavy atom. The first-order chi connectivity index (χ1) is 22.8. The van der Waals surface area contributed by atoms with E-state index >= 15 is 0 Å². The lowest BCUT2D eigenvalue weighted by atomic mass is 9.79. The highest BCUT2D eigenvalue weighted by molar-refractivity contribution is 5.73. The molecule has 12 nitrogen and oxygen atoms in total. The van der Waals surface area contributed by atoms with Crippen LogP contribution in [0, 0.1) is 23.7 Å². The van der Waals surface area contributed by atoms with E-state index in [2.05, 4.69) is 0 Å². The van der Waals surface area contributed by atoms with Gasteiger partial charge in [-0.1, -0.05) is 27.7 Å². The van der Waals surface area contributed by atoms with Gasteiger partial charge in [0.25, 0.3) is 0 Å². The molecule has 4 aliphatic rings. The second kappa shape index (κ2) is 15.7. The predicted molar refractivity (Wildman–Crippen MR) is 182 cm³/mol. The van der Waals surface area contributed by atoms with Crippen LogP contribution in [0.5, 0.6) is 0 Å². The largest absolute Gasteiger partial charge is 0.489 e. The second-order valence-electron chi connectivity index (χ2n) is 16.1. The van der Waals surface area contributed by atoms with Gasteiger partial charge in [0.15, 0.2) is 12.6 Å². The molecule has 0 saturated carbocycles. The van der Waals surface area contributed by atoms with Gasteiger partial charge in [0.2, 0.25) is 0 Å². The Balaban J connectivity index is 1.82. The van der Waals surface area contributed by atoms with E-state index < -0.39 is 84.3 Å². The number of methoxy groups -OCH3 is 1. The first kappa shape index (κ1) is 40.4. The molecule has 17 atom stereocenters. The quantitative estimate of drug-likeness (QED) is 0.333. The highest BCUT2D eigenvalue weighted by Gasteiger charge is 2.55. The van der Waals surface area contributed by atoms with Crippen LogP contribution in [-0.2, 0) is 38.0 Å². The number of hydrogen-bond acceptors (Lipinski definition) is 12. The van der Waals surface area contributed by atoms with Gasteiger partial charge in [-0.25, -0.2) is 0 Å². The lowest BCUT2D eigenvalue weighted by Crippen LogP contribution is -2.60. The molecule has 3 saturated heterocycles.